The number of thiophene rings is 1. The van der Waals surface area contributed by atoms with Crippen molar-refractivity contribution in [3.05, 3.63) is 21.9 Å². The Morgan fingerprint density at radius 2 is 2.24 bits per heavy atom. The Morgan fingerprint density at radius 1 is 1.48 bits per heavy atom. The van der Waals surface area contributed by atoms with E-state index in [-0.39, 0.29) is 23.7 Å². The molecule has 118 valence electrons. The van der Waals surface area contributed by atoms with Gasteiger partial charge in [0, 0.05) is 25.1 Å². The average Bonchev–Trinajstić information content (AvgIpc) is 2.95. The van der Waals surface area contributed by atoms with Gasteiger partial charge < -0.3 is 15.0 Å². The van der Waals surface area contributed by atoms with Gasteiger partial charge in [0.15, 0.2) is 0 Å². The Morgan fingerprint density at radius 3 is 2.95 bits per heavy atom. The number of piperidine rings is 1. The van der Waals surface area contributed by atoms with Crippen LogP contribution in [0.15, 0.2) is 11.4 Å². The zero-order chi connectivity index (χ0) is 14.0. The molecule has 0 aromatic carbocycles. The van der Waals surface area contributed by atoms with Crippen molar-refractivity contribution in [2.75, 3.05) is 33.4 Å². The summed E-state index contributed by atoms with van der Waals surface area (Å²) in [5, 5.41) is 5.48. The molecule has 4 nitrogen and oxygen atoms in total. The first kappa shape index (κ1) is 16.7. The molecule has 0 spiro atoms. The van der Waals surface area contributed by atoms with Crippen LogP contribution in [0.2, 0.25) is 0 Å². The fourth-order valence-electron chi connectivity index (χ4n) is 3.36. The maximum Gasteiger partial charge on any atom is 0.231 e. The van der Waals surface area contributed by atoms with Gasteiger partial charge in [-0.2, -0.15) is 0 Å². The lowest BCUT2D eigenvalue weighted by atomic mass is 9.78. The van der Waals surface area contributed by atoms with Crippen molar-refractivity contribution in [2.24, 2.45) is 5.41 Å². The third-order valence-corrected chi connectivity index (χ3v) is 5.55. The van der Waals surface area contributed by atoms with E-state index in [1.54, 1.807) is 7.11 Å². The van der Waals surface area contributed by atoms with Crippen LogP contribution in [-0.4, -0.2) is 44.2 Å². The van der Waals surface area contributed by atoms with E-state index < -0.39 is 0 Å². The van der Waals surface area contributed by atoms with Crippen LogP contribution in [0.1, 0.15) is 23.3 Å². The first-order chi connectivity index (χ1) is 9.75. The largest absolute Gasteiger partial charge is 0.384 e. The summed E-state index contributed by atoms with van der Waals surface area (Å²) in [6, 6.07) is 2.16. The van der Waals surface area contributed by atoms with Gasteiger partial charge in [0.2, 0.25) is 5.91 Å². The smallest absolute Gasteiger partial charge is 0.231 e. The molecule has 1 saturated heterocycles. The quantitative estimate of drug-likeness (QED) is 0.922. The molecule has 3 heterocycles. The Kier molecular flexibility index (Phi) is 5.66. The second kappa shape index (κ2) is 7.09. The van der Waals surface area contributed by atoms with E-state index in [4.69, 9.17) is 4.74 Å². The number of hydrogen-bond donors (Lipinski definition) is 1. The highest BCUT2D eigenvalue weighted by atomic mass is 35.5. The normalized spacial score (nSPS) is 20.5. The summed E-state index contributed by atoms with van der Waals surface area (Å²) in [6.45, 7) is 3.99. The summed E-state index contributed by atoms with van der Waals surface area (Å²) in [5.74, 6) is 0.290. The van der Waals surface area contributed by atoms with Gasteiger partial charge in [-0.1, -0.05) is 0 Å². The van der Waals surface area contributed by atoms with Crippen LogP contribution in [0, 0.1) is 5.41 Å². The lowest BCUT2D eigenvalue weighted by Gasteiger charge is -2.40. The molecule has 0 saturated carbocycles. The number of nitrogens with zero attached hydrogens (tertiary/aromatic N) is 1. The molecule has 1 aromatic heterocycles. The van der Waals surface area contributed by atoms with Crippen LogP contribution in [0.5, 0.6) is 0 Å². The van der Waals surface area contributed by atoms with Crippen LogP contribution in [-0.2, 0) is 22.5 Å². The maximum atomic E-state index is 13.0. The summed E-state index contributed by atoms with van der Waals surface area (Å²) < 4.78 is 5.38. The number of nitrogens with one attached hydrogen (secondary N) is 1. The van der Waals surface area contributed by atoms with E-state index in [2.05, 4.69) is 16.8 Å². The van der Waals surface area contributed by atoms with Gasteiger partial charge in [-0.25, -0.2) is 0 Å². The third-order valence-electron chi connectivity index (χ3n) is 4.53. The average molecular weight is 331 g/mol. The first-order valence-corrected chi connectivity index (χ1v) is 8.17. The lowest BCUT2D eigenvalue weighted by Crippen LogP contribution is -2.52. The van der Waals surface area contributed by atoms with E-state index in [1.807, 2.05) is 16.2 Å². The van der Waals surface area contributed by atoms with Gasteiger partial charge in [-0.05, 0) is 49.4 Å². The molecule has 1 aromatic rings. The van der Waals surface area contributed by atoms with Gasteiger partial charge in [-0.15, -0.1) is 23.7 Å². The van der Waals surface area contributed by atoms with E-state index in [0.29, 0.717) is 6.61 Å². The predicted molar refractivity (Wildman–Crippen MR) is 87.1 cm³/mol. The molecule has 0 atom stereocenters. The van der Waals surface area contributed by atoms with Crippen molar-refractivity contribution >= 4 is 29.7 Å². The molecule has 0 unspecified atom stereocenters. The molecule has 6 heteroatoms. The first-order valence-electron chi connectivity index (χ1n) is 7.29. The molecule has 0 aliphatic carbocycles. The standard InChI is InChI=1S/C15H22N2O2S.ClH/c1-19-11-15(4-6-16-7-5-15)14(18)17-8-2-13-12(10-17)3-9-20-13;/h3,9,16H,2,4-8,10-11H2,1H3;1H. The van der Waals surface area contributed by atoms with Crippen molar-refractivity contribution in [3.63, 3.8) is 0 Å². The number of fused-ring (bicyclic) bond motifs is 1. The summed E-state index contributed by atoms with van der Waals surface area (Å²) in [4.78, 5) is 16.5. The number of methoxy groups -OCH3 is 1. The number of carbonyl (C=O) groups excluding carboxylic acids is 1. The molecule has 1 N–H and O–H groups in total. The van der Waals surface area contributed by atoms with Crippen LogP contribution in [0.4, 0.5) is 0 Å². The molecule has 3 rings (SSSR count). The van der Waals surface area contributed by atoms with Crippen molar-refractivity contribution in [1.82, 2.24) is 10.2 Å². The number of amides is 1. The predicted octanol–water partition coefficient (Wildman–Crippen LogP) is 2.07. The van der Waals surface area contributed by atoms with Crippen LogP contribution in [0.3, 0.4) is 0 Å². The lowest BCUT2D eigenvalue weighted by molar-refractivity contribution is -0.148. The Bertz CT molecular complexity index is 480. The van der Waals surface area contributed by atoms with Crippen molar-refractivity contribution in [2.45, 2.75) is 25.8 Å². The minimum atomic E-state index is -0.312. The zero-order valence-corrected chi connectivity index (χ0v) is 14.0. The summed E-state index contributed by atoms with van der Waals surface area (Å²) >= 11 is 1.81. The van der Waals surface area contributed by atoms with E-state index in [0.717, 1.165) is 45.4 Å². The molecular weight excluding hydrogens is 308 g/mol. The highest BCUT2D eigenvalue weighted by Crippen LogP contribution is 2.34. The van der Waals surface area contributed by atoms with Gasteiger partial charge in [-0.3, -0.25) is 4.79 Å². The van der Waals surface area contributed by atoms with E-state index in [9.17, 15) is 4.79 Å². The second-order valence-corrected chi connectivity index (χ2v) is 6.81. The zero-order valence-electron chi connectivity index (χ0n) is 12.4. The number of carbonyl (C=O) groups is 1. The molecule has 21 heavy (non-hydrogen) atoms. The molecule has 0 radical (unpaired) electrons. The summed E-state index contributed by atoms with van der Waals surface area (Å²) in [6.07, 6.45) is 2.76. The Labute approximate surface area is 136 Å². The maximum absolute atomic E-state index is 13.0. The second-order valence-electron chi connectivity index (χ2n) is 5.81. The fourth-order valence-corrected chi connectivity index (χ4v) is 4.25. The van der Waals surface area contributed by atoms with Crippen LogP contribution >= 0.6 is 23.7 Å². The molecule has 1 amide bonds. The van der Waals surface area contributed by atoms with Gasteiger partial charge >= 0.3 is 0 Å². The van der Waals surface area contributed by atoms with E-state index in [1.165, 1.54) is 10.4 Å². The van der Waals surface area contributed by atoms with Gasteiger partial charge in [0.05, 0.1) is 12.0 Å². The van der Waals surface area contributed by atoms with E-state index >= 15 is 0 Å². The highest BCUT2D eigenvalue weighted by molar-refractivity contribution is 7.10. The summed E-state index contributed by atoms with van der Waals surface area (Å²) in [7, 11) is 1.70. The number of ether oxygens (including phenoxy) is 1. The molecule has 0 bridgehead atoms. The van der Waals surface area contributed by atoms with Crippen molar-refractivity contribution in [1.29, 1.82) is 0 Å². The minimum Gasteiger partial charge on any atom is -0.384 e. The van der Waals surface area contributed by atoms with Gasteiger partial charge in [0.1, 0.15) is 0 Å². The van der Waals surface area contributed by atoms with Gasteiger partial charge in [0.25, 0.3) is 0 Å². The topological polar surface area (TPSA) is 41.6 Å². The summed E-state index contributed by atoms with van der Waals surface area (Å²) in [5.41, 5.74) is 1.02. The molecule has 1 fully saturated rings. The van der Waals surface area contributed by atoms with Crippen LogP contribution < -0.4 is 5.32 Å². The monoisotopic (exact) mass is 330 g/mol. The van der Waals surface area contributed by atoms with Crippen molar-refractivity contribution < 1.29 is 9.53 Å². The highest BCUT2D eigenvalue weighted by Gasteiger charge is 2.42. The Balaban J connectivity index is 0.00000161. The molecule has 2 aliphatic rings. The van der Waals surface area contributed by atoms with Crippen LogP contribution in [0.25, 0.3) is 0 Å². The third kappa shape index (κ3) is 3.26. The number of halogens is 1. The fraction of sp³-hybridized carbons (Fsp3) is 0.667. The molecule has 2 aliphatic heterocycles. The van der Waals surface area contributed by atoms with Crippen molar-refractivity contribution in [3.8, 4) is 0 Å². The SMILES string of the molecule is COCC1(C(=O)N2CCc3sccc3C2)CCNCC1.Cl. The molecular formula is C15H23ClN2O2S. The minimum absolute atomic E-state index is 0. The number of rotatable bonds is 3. The number of hydrogen-bond acceptors (Lipinski definition) is 4. The Hall–Kier alpha value is -0.620.